The summed E-state index contributed by atoms with van der Waals surface area (Å²) in [7, 11) is 0. The average Bonchev–Trinajstić information content (AvgIpc) is 3.36. The van der Waals surface area contributed by atoms with Gasteiger partial charge in [-0.3, -0.25) is 4.79 Å². The summed E-state index contributed by atoms with van der Waals surface area (Å²) in [5.74, 6) is -1.11. The molecule has 2 aliphatic heterocycles. The Morgan fingerprint density at radius 2 is 2.09 bits per heavy atom. The fourth-order valence-corrected chi connectivity index (χ4v) is 4.22. The zero-order valence-electron chi connectivity index (χ0n) is 17.2. The third-order valence-corrected chi connectivity index (χ3v) is 5.85. The van der Waals surface area contributed by atoms with Crippen LogP contribution in [0.3, 0.4) is 0 Å². The molecule has 0 radical (unpaired) electrons. The van der Waals surface area contributed by atoms with Crippen molar-refractivity contribution in [3.8, 4) is 0 Å². The molecule has 0 aliphatic carbocycles. The Morgan fingerprint density at radius 3 is 2.75 bits per heavy atom. The molecule has 0 saturated carbocycles. The van der Waals surface area contributed by atoms with Crippen LogP contribution in [0.25, 0.3) is 11.0 Å². The first-order chi connectivity index (χ1) is 15.1. The minimum atomic E-state index is -4.58. The number of rotatable bonds is 5. The van der Waals surface area contributed by atoms with Crippen molar-refractivity contribution in [3.63, 3.8) is 0 Å². The molecule has 176 valence electrons. The second-order valence-corrected chi connectivity index (χ2v) is 8.20. The molecular weight excluding hydrogens is 437 g/mol. The van der Waals surface area contributed by atoms with Crippen molar-refractivity contribution in [2.45, 2.75) is 43.8 Å². The molecule has 3 heterocycles. The van der Waals surface area contributed by atoms with E-state index in [2.05, 4.69) is 4.98 Å². The van der Waals surface area contributed by atoms with E-state index in [1.807, 2.05) is 0 Å². The number of hydrogen-bond donors (Lipinski definition) is 1. The quantitative estimate of drug-likeness (QED) is 0.692. The predicted octanol–water partition coefficient (Wildman–Crippen LogP) is 2.23. The van der Waals surface area contributed by atoms with Gasteiger partial charge in [-0.2, -0.15) is 13.2 Å². The minimum absolute atomic E-state index is 0.0207. The van der Waals surface area contributed by atoms with Crippen LogP contribution in [0.4, 0.5) is 27.9 Å². The lowest BCUT2D eigenvalue weighted by Gasteiger charge is -2.34. The number of nitrogens with two attached hydrogens (primary N) is 1. The second-order valence-electron chi connectivity index (χ2n) is 8.20. The van der Waals surface area contributed by atoms with Gasteiger partial charge >= 0.3 is 6.18 Å². The molecule has 12 heteroatoms. The van der Waals surface area contributed by atoms with Gasteiger partial charge in [0.25, 0.3) is 0 Å². The lowest BCUT2D eigenvalue weighted by molar-refractivity contribution is -0.166. The number of carbonyl (C=O) groups is 1. The number of fused-ring (bicyclic) bond motifs is 1. The van der Waals surface area contributed by atoms with Crippen LogP contribution in [-0.2, 0) is 16.1 Å². The zero-order valence-corrected chi connectivity index (χ0v) is 17.2. The van der Waals surface area contributed by atoms with E-state index >= 15 is 0 Å². The van der Waals surface area contributed by atoms with Gasteiger partial charge < -0.3 is 24.8 Å². The number of ether oxygens (including phenoxy) is 1. The van der Waals surface area contributed by atoms with Crippen molar-refractivity contribution >= 4 is 22.9 Å². The molecule has 7 nitrogen and oxygen atoms in total. The molecule has 1 amide bonds. The Kier molecular flexibility index (Phi) is 6.26. The van der Waals surface area contributed by atoms with Crippen molar-refractivity contribution in [3.05, 3.63) is 24.0 Å². The molecule has 2 aromatic rings. The highest BCUT2D eigenvalue weighted by atomic mass is 19.4. The van der Waals surface area contributed by atoms with Crippen LogP contribution in [0.2, 0.25) is 0 Å². The van der Waals surface area contributed by atoms with Gasteiger partial charge in [0.1, 0.15) is 25.1 Å². The van der Waals surface area contributed by atoms with Crippen molar-refractivity contribution in [1.29, 1.82) is 0 Å². The molecular formula is C20H24F5N5O2. The lowest BCUT2D eigenvalue weighted by atomic mass is 10.1. The number of imidazole rings is 1. The molecule has 0 spiro atoms. The van der Waals surface area contributed by atoms with E-state index in [-0.39, 0.29) is 44.2 Å². The normalized spacial score (nSPS) is 24.3. The third-order valence-electron chi connectivity index (χ3n) is 5.85. The van der Waals surface area contributed by atoms with Crippen LogP contribution < -0.4 is 10.6 Å². The first kappa shape index (κ1) is 22.7. The summed E-state index contributed by atoms with van der Waals surface area (Å²) in [5.41, 5.74) is 6.48. The van der Waals surface area contributed by atoms with Gasteiger partial charge in [0, 0.05) is 19.7 Å². The molecule has 2 saturated heterocycles. The van der Waals surface area contributed by atoms with Crippen molar-refractivity contribution in [2.24, 2.45) is 5.73 Å². The Hall–Kier alpha value is -2.47. The number of piperidine rings is 1. The predicted molar refractivity (Wildman–Crippen MR) is 106 cm³/mol. The van der Waals surface area contributed by atoms with Crippen LogP contribution >= 0.6 is 0 Å². The largest absolute Gasteiger partial charge is 0.406 e. The van der Waals surface area contributed by atoms with Gasteiger partial charge in [-0.15, -0.1) is 0 Å². The average molecular weight is 461 g/mol. The highest BCUT2D eigenvalue weighted by Gasteiger charge is 2.38. The smallest absolute Gasteiger partial charge is 0.379 e. The van der Waals surface area contributed by atoms with E-state index in [1.165, 1.54) is 22.8 Å². The van der Waals surface area contributed by atoms with Crippen LogP contribution in [0.5, 0.6) is 0 Å². The summed E-state index contributed by atoms with van der Waals surface area (Å²) in [4.78, 5) is 20.0. The SMILES string of the molecule is N[C@@H]1CN(c2nc3ccc(F)cc3n2CC(=O)N(CC(F)(F)F)[C@@H]2CCOC2)CC[C@H]1F. The van der Waals surface area contributed by atoms with Gasteiger partial charge in [0.2, 0.25) is 11.9 Å². The van der Waals surface area contributed by atoms with Crippen molar-refractivity contribution < 1.29 is 31.5 Å². The fraction of sp³-hybridized carbons (Fsp3) is 0.600. The van der Waals surface area contributed by atoms with Gasteiger partial charge in [-0.1, -0.05) is 0 Å². The van der Waals surface area contributed by atoms with Gasteiger partial charge in [0.05, 0.1) is 29.7 Å². The number of alkyl halides is 4. The highest BCUT2D eigenvalue weighted by Crippen LogP contribution is 2.28. The standard InChI is InChI=1S/C20H24F5N5O2/c21-12-1-2-16-17(7-12)29(19(27-16)28-5-3-14(22)15(26)8-28)9-18(31)30(11-20(23,24)25)13-4-6-32-10-13/h1-2,7,13-15H,3-6,8-11,26H2/t13-,14-,15-/m1/s1. The lowest BCUT2D eigenvalue weighted by Crippen LogP contribution is -2.51. The van der Waals surface area contributed by atoms with E-state index in [1.54, 1.807) is 4.90 Å². The molecule has 2 fully saturated rings. The molecule has 1 aromatic carbocycles. The van der Waals surface area contributed by atoms with Crippen LogP contribution in [0.1, 0.15) is 12.8 Å². The van der Waals surface area contributed by atoms with E-state index in [0.29, 0.717) is 11.9 Å². The maximum absolute atomic E-state index is 14.0. The monoisotopic (exact) mass is 461 g/mol. The molecule has 2 N–H and O–H groups in total. The summed E-state index contributed by atoms with van der Waals surface area (Å²) in [6.07, 6.45) is -5.33. The van der Waals surface area contributed by atoms with Crippen LogP contribution in [-0.4, -0.2) is 77.6 Å². The number of aromatic nitrogens is 2. The van der Waals surface area contributed by atoms with E-state index < -0.39 is 49.2 Å². The van der Waals surface area contributed by atoms with Gasteiger partial charge in [-0.05, 0) is 31.0 Å². The van der Waals surface area contributed by atoms with Crippen molar-refractivity contribution in [2.75, 3.05) is 37.7 Å². The Morgan fingerprint density at radius 1 is 1.31 bits per heavy atom. The summed E-state index contributed by atoms with van der Waals surface area (Å²) in [5, 5.41) is 0. The Labute approximate surface area is 180 Å². The summed E-state index contributed by atoms with van der Waals surface area (Å²) in [6.45, 7) is -1.22. The molecule has 1 aromatic heterocycles. The number of nitrogens with zero attached hydrogens (tertiary/aromatic N) is 4. The Balaban J connectivity index is 1.68. The first-order valence-corrected chi connectivity index (χ1v) is 10.4. The molecule has 2 aliphatic rings. The summed E-state index contributed by atoms with van der Waals surface area (Å²) >= 11 is 0. The van der Waals surface area contributed by atoms with Gasteiger partial charge in [0.15, 0.2) is 0 Å². The topological polar surface area (TPSA) is 76.6 Å². The maximum Gasteiger partial charge on any atom is 0.406 e. The minimum Gasteiger partial charge on any atom is -0.379 e. The third kappa shape index (κ3) is 4.80. The molecule has 0 unspecified atom stereocenters. The second kappa shape index (κ2) is 8.81. The molecule has 4 rings (SSSR count). The summed E-state index contributed by atoms with van der Waals surface area (Å²) < 4.78 is 74.0. The number of carbonyl (C=O) groups excluding carboxylic acids is 1. The highest BCUT2D eigenvalue weighted by molar-refractivity contribution is 5.83. The van der Waals surface area contributed by atoms with E-state index in [4.69, 9.17) is 10.5 Å². The number of hydrogen-bond acceptors (Lipinski definition) is 5. The van der Waals surface area contributed by atoms with Crippen LogP contribution in [0, 0.1) is 5.82 Å². The first-order valence-electron chi connectivity index (χ1n) is 10.4. The number of amides is 1. The molecule has 3 atom stereocenters. The number of benzene rings is 1. The molecule has 0 bridgehead atoms. The number of halogens is 5. The van der Waals surface area contributed by atoms with Crippen molar-refractivity contribution in [1.82, 2.24) is 14.5 Å². The fourth-order valence-electron chi connectivity index (χ4n) is 4.22. The summed E-state index contributed by atoms with van der Waals surface area (Å²) in [6, 6.07) is 2.33. The zero-order chi connectivity index (χ0) is 23.0. The van der Waals surface area contributed by atoms with Crippen LogP contribution in [0.15, 0.2) is 18.2 Å². The molecule has 32 heavy (non-hydrogen) atoms. The van der Waals surface area contributed by atoms with Gasteiger partial charge in [-0.25, -0.2) is 13.8 Å². The van der Waals surface area contributed by atoms with E-state index in [9.17, 15) is 26.7 Å². The number of anilines is 1. The van der Waals surface area contributed by atoms with E-state index in [0.717, 1.165) is 4.90 Å². The Bertz CT molecular complexity index is 975. The maximum atomic E-state index is 14.0.